The van der Waals surface area contributed by atoms with E-state index in [1.807, 2.05) is 39.8 Å². The van der Waals surface area contributed by atoms with Crippen LogP contribution in [0, 0.1) is 12.8 Å². The first-order valence-corrected chi connectivity index (χ1v) is 10.2. The van der Waals surface area contributed by atoms with Gasteiger partial charge in [-0.05, 0) is 55.2 Å². The van der Waals surface area contributed by atoms with Crippen molar-refractivity contribution in [2.24, 2.45) is 5.92 Å². The van der Waals surface area contributed by atoms with E-state index in [0.29, 0.717) is 22.1 Å². The second-order valence-electron chi connectivity index (χ2n) is 7.47. The van der Waals surface area contributed by atoms with Crippen molar-refractivity contribution in [2.75, 3.05) is 14.2 Å². The van der Waals surface area contributed by atoms with Crippen LogP contribution in [0.5, 0.6) is 11.5 Å². The average molecular weight is 433 g/mol. The molecule has 30 heavy (non-hydrogen) atoms. The Bertz CT molecular complexity index is 914. The van der Waals surface area contributed by atoms with Crippen molar-refractivity contribution >= 4 is 23.4 Å². The Balaban J connectivity index is 2.19. The van der Waals surface area contributed by atoms with E-state index >= 15 is 0 Å². The quantitative estimate of drug-likeness (QED) is 0.652. The molecule has 6 nitrogen and oxygen atoms in total. The zero-order valence-electron chi connectivity index (χ0n) is 18.2. The van der Waals surface area contributed by atoms with E-state index in [0.717, 1.165) is 11.1 Å². The standard InChI is InChI=1S/C23H29ClN2O4/c1-13(2)21(26-22(27)16-9-7-8-10-18(16)24)23(28)25-15(4)17-12-20(30-6)19(29-5)11-14(17)3/h7-13,15,21H,1-6H3,(H,25,28)(H,26,27). The Hall–Kier alpha value is -2.73. The molecule has 162 valence electrons. The van der Waals surface area contributed by atoms with E-state index in [1.165, 1.54) is 0 Å². The number of hydrogen-bond acceptors (Lipinski definition) is 4. The van der Waals surface area contributed by atoms with Crippen LogP contribution in [0.4, 0.5) is 0 Å². The lowest BCUT2D eigenvalue weighted by Gasteiger charge is -2.25. The van der Waals surface area contributed by atoms with Crippen LogP contribution in [0.25, 0.3) is 0 Å². The highest BCUT2D eigenvalue weighted by atomic mass is 35.5. The summed E-state index contributed by atoms with van der Waals surface area (Å²) in [6, 6.07) is 9.46. The summed E-state index contributed by atoms with van der Waals surface area (Å²) in [4.78, 5) is 25.6. The van der Waals surface area contributed by atoms with E-state index in [9.17, 15) is 9.59 Å². The normalized spacial score (nSPS) is 12.8. The number of hydrogen-bond donors (Lipinski definition) is 2. The van der Waals surface area contributed by atoms with Crippen LogP contribution < -0.4 is 20.1 Å². The molecule has 2 atom stereocenters. The first-order valence-electron chi connectivity index (χ1n) is 9.77. The molecule has 0 aliphatic rings. The SMILES string of the molecule is COc1cc(C)c(C(C)NC(=O)C(NC(=O)c2ccccc2Cl)C(C)C)cc1OC. The Kier molecular flexibility index (Phi) is 8.12. The smallest absolute Gasteiger partial charge is 0.253 e. The summed E-state index contributed by atoms with van der Waals surface area (Å²) in [5, 5.41) is 6.14. The number of carbonyl (C=O) groups is 2. The Labute approximate surface area is 182 Å². The average Bonchev–Trinajstić information content (AvgIpc) is 2.71. The van der Waals surface area contributed by atoms with E-state index in [-0.39, 0.29) is 23.8 Å². The lowest BCUT2D eigenvalue weighted by Crippen LogP contribution is -2.50. The fourth-order valence-electron chi connectivity index (χ4n) is 3.24. The van der Waals surface area contributed by atoms with Gasteiger partial charge in [0.1, 0.15) is 6.04 Å². The van der Waals surface area contributed by atoms with E-state index < -0.39 is 6.04 Å². The van der Waals surface area contributed by atoms with Gasteiger partial charge in [0, 0.05) is 0 Å². The molecule has 0 aliphatic carbocycles. The van der Waals surface area contributed by atoms with Gasteiger partial charge >= 0.3 is 0 Å². The van der Waals surface area contributed by atoms with Gasteiger partial charge in [-0.2, -0.15) is 0 Å². The van der Waals surface area contributed by atoms with Crippen molar-refractivity contribution in [3.63, 3.8) is 0 Å². The maximum absolute atomic E-state index is 13.0. The third kappa shape index (κ3) is 5.45. The molecule has 0 bridgehead atoms. The van der Waals surface area contributed by atoms with Gasteiger partial charge in [0.25, 0.3) is 5.91 Å². The topological polar surface area (TPSA) is 76.7 Å². The highest BCUT2D eigenvalue weighted by Gasteiger charge is 2.27. The maximum atomic E-state index is 13.0. The van der Waals surface area contributed by atoms with Gasteiger partial charge in [-0.25, -0.2) is 0 Å². The number of methoxy groups -OCH3 is 2. The molecule has 0 aromatic heterocycles. The molecule has 0 aliphatic heterocycles. The summed E-state index contributed by atoms with van der Waals surface area (Å²) < 4.78 is 10.7. The third-order valence-corrected chi connectivity index (χ3v) is 5.28. The molecule has 0 radical (unpaired) electrons. The predicted octanol–water partition coefficient (Wildman–Crippen LogP) is 4.30. The van der Waals surface area contributed by atoms with E-state index in [1.54, 1.807) is 38.5 Å². The number of aryl methyl sites for hydroxylation is 1. The van der Waals surface area contributed by atoms with Crippen LogP contribution in [-0.4, -0.2) is 32.1 Å². The van der Waals surface area contributed by atoms with Crippen LogP contribution in [0.3, 0.4) is 0 Å². The molecule has 2 aromatic carbocycles. The Morgan fingerprint density at radius 3 is 2.13 bits per heavy atom. The van der Waals surface area contributed by atoms with Crippen LogP contribution in [-0.2, 0) is 4.79 Å². The Morgan fingerprint density at radius 2 is 1.57 bits per heavy atom. The summed E-state index contributed by atoms with van der Waals surface area (Å²) in [6.45, 7) is 7.59. The van der Waals surface area contributed by atoms with Gasteiger partial charge < -0.3 is 20.1 Å². The molecule has 7 heteroatoms. The number of halogens is 1. The number of carbonyl (C=O) groups excluding carboxylic acids is 2. The predicted molar refractivity (Wildman–Crippen MR) is 118 cm³/mol. The largest absolute Gasteiger partial charge is 0.493 e. The van der Waals surface area contributed by atoms with Crippen molar-refractivity contribution in [1.29, 1.82) is 0 Å². The van der Waals surface area contributed by atoms with Crippen molar-refractivity contribution < 1.29 is 19.1 Å². The zero-order valence-corrected chi connectivity index (χ0v) is 19.0. The van der Waals surface area contributed by atoms with Gasteiger partial charge in [-0.1, -0.05) is 37.6 Å². The fourth-order valence-corrected chi connectivity index (χ4v) is 3.46. The molecular weight excluding hydrogens is 404 g/mol. The summed E-state index contributed by atoms with van der Waals surface area (Å²) in [7, 11) is 3.15. The number of amides is 2. The highest BCUT2D eigenvalue weighted by molar-refractivity contribution is 6.33. The molecule has 0 spiro atoms. The lowest BCUT2D eigenvalue weighted by atomic mass is 9.99. The fraction of sp³-hybridized carbons (Fsp3) is 0.391. The lowest BCUT2D eigenvalue weighted by molar-refractivity contribution is -0.124. The van der Waals surface area contributed by atoms with Gasteiger partial charge in [-0.15, -0.1) is 0 Å². The highest BCUT2D eigenvalue weighted by Crippen LogP contribution is 2.33. The third-order valence-electron chi connectivity index (χ3n) is 4.95. The minimum absolute atomic E-state index is 0.116. The molecule has 2 unspecified atom stereocenters. The molecule has 2 N–H and O–H groups in total. The minimum atomic E-state index is -0.711. The summed E-state index contributed by atoms with van der Waals surface area (Å²) >= 11 is 6.11. The molecule has 0 heterocycles. The van der Waals surface area contributed by atoms with Gasteiger partial charge in [0.15, 0.2) is 11.5 Å². The molecule has 2 amide bonds. The van der Waals surface area contributed by atoms with Gasteiger partial charge in [0.2, 0.25) is 5.91 Å². The second kappa shape index (κ2) is 10.3. The Morgan fingerprint density at radius 1 is 0.967 bits per heavy atom. The zero-order chi connectivity index (χ0) is 22.4. The minimum Gasteiger partial charge on any atom is -0.493 e. The number of benzene rings is 2. The van der Waals surface area contributed by atoms with Crippen LogP contribution in [0.2, 0.25) is 5.02 Å². The first-order chi connectivity index (χ1) is 14.2. The number of nitrogens with one attached hydrogen (secondary N) is 2. The number of rotatable bonds is 8. The van der Waals surface area contributed by atoms with Crippen molar-refractivity contribution in [1.82, 2.24) is 10.6 Å². The summed E-state index contributed by atoms with van der Waals surface area (Å²) in [5.74, 6) is 0.447. The molecule has 2 rings (SSSR count). The summed E-state index contributed by atoms with van der Waals surface area (Å²) in [5.41, 5.74) is 2.20. The maximum Gasteiger partial charge on any atom is 0.253 e. The molecule has 2 aromatic rings. The molecule has 0 saturated heterocycles. The monoisotopic (exact) mass is 432 g/mol. The van der Waals surface area contributed by atoms with E-state index in [4.69, 9.17) is 21.1 Å². The molecule has 0 saturated carbocycles. The first kappa shape index (κ1) is 23.5. The van der Waals surface area contributed by atoms with Gasteiger partial charge in [0.05, 0.1) is 30.8 Å². The van der Waals surface area contributed by atoms with Crippen molar-refractivity contribution in [3.05, 3.63) is 58.1 Å². The second-order valence-corrected chi connectivity index (χ2v) is 7.88. The van der Waals surface area contributed by atoms with Gasteiger partial charge in [-0.3, -0.25) is 9.59 Å². The van der Waals surface area contributed by atoms with Crippen LogP contribution in [0.1, 0.15) is 48.3 Å². The van der Waals surface area contributed by atoms with Crippen LogP contribution >= 0.6 is 11.6 Å². The molecule has 0 fully saturated rings. The van der Waals surface area contributed by atoms with Crippen LogP contribution in [0.15, 0.2) is 36.4 Å². The molecular formula is C23H29ClN2O4. The van der Waals surface area contributed by atoms with Crippen molar-refractivity contribution in [3.8, 4) is 11.5 Å². The van der Waals surface area contributed by atoms with Crippen molar-refractivity contribution in [2.45, 2.75) is 39.8 Å². The number of ether oxygens (including phenoxy) is 2. The summed E-state index contributed by atoms with van der Waals surface area (Å²) in [6.07, 6.45) is 0. The van der Waals surface area contributed by atoms with E-state index in [2.05, 4.69) is 10.6 Å².